The van der Waals surface area contributed by atoms with Crippen LogP contribution < -0.4 is 5.84 Å². The third-order valence-corrected chi connectivity index (χ3v) is 2.04. The summed E-state index contributed by atoms with van der Waals surface area (Å²) in [5.74, 6) is 5.58. The molecule has 2 aromatic rings. The van der Waals surface area contributed by atoms with Crippen LogP contribution in [0.3, 0.4) is 0 Å². The molecule has 0 radical (unpaired) electrons. The predicted molar refractivity (Wildman–Crippen MR) is 49.6 cm³/mol. The van der Waals surface area contributed by atoms with Crippen molar-refractivity contribution in [1.82, 2.24) is 9.66 Å². The van der Waals surface area contributed by atoms with Crippen LogP contribution in [0.2, 0.25) is 0 Å². The van der Waals surface area contributed by atoms with Gasteiger partial charge in [0.25, 0.3) is 0 Å². The minimum absolute atomic E-state index is 0.308. The average Bonchev–Trinajstić information content (AvgIpc) is 2.44. The molecule has 0 spiro atoms. The molecule has 2 rings (SSSR count). The Bertz CT molecular complexity index is 450. The highest BCUT2D eigenvalue weighted by Crippen LogP contribution is 2.19. The summed E-state index contributed by atoms with van der Waals surface area (Å²) in [6.45, 7) is 0. The fraction of sp³-hybridized carbons (Fsp3) is 0.222. The summed E-state index contributed by atoms with van der Waals surface area (Å²) in [6, 6.07) is 3.47. The molecule has 0 aliphatic rings. The maximum Gasteiger partial charge on any atom is 0.242 e. The van der Waals surface area contributed by atoms with Crippen LogP contribution in [0.4, 0.5) is 8.78 Å². The molecular weight excluding hydrogens is 188 g/mol. The van der Waals surface area contributed by atoms with E-state index in [1.165, 1.54) is 10.9 Å². The van der Waals surface area contributed by atoms with Gasteiger partial charge in [0.05, 0.1) is 11.0 Å². The smallest absolute Gasteiger partial charge is 0.242 e. The largest absolute Gasteiger partial charge is 0.339 e. The van der Waals surface area contributed by atoms with E-state index in [9.17, 15) is 8.78 Å². The molecule has 0 aliphatic carbocycles. The second kappa shape index (κ2) is 3.25. The number of pyridine rings is 1. The van der Waals surface area contributed by atoms with Crippen LogP contribution in [-0.4, -0.2) is 16.1 Å². The number of nitrogens with two attached hydrogens (primary N) is 1. The van der Waals surface area contributed by atoms with Crippen molar-refractivity contribution in [2.24, 2.45) is 0 Å². The van der Waals surface area contributed by atoms with Gasteiger partial charge in [0.2, 0.25) is 6.43 Å². The van der Waals surface area contributed by atoms with Crippen molar-refractivity contribution in [2.75, 3.05) is 5.84 Å². The van der Waals surface area contributed by atoms with Crippen molar-refractivity contribution in [2.45, 2.75) is 12.8 Å². The lowest BCUT2D eigenvalue weighted by Crippen LogP contribution is -2.05. The fourth-order valence-corrected chi connectivity index (χ4v) is 1.47. The Hall–Kier alpha value is -1.65. The molecule has 0 fully saturated rings. The molecule has 0 saturated carbocycles. The van der Waals surface area contributed by atoms with Gasteiger partial charge in [-0.3, -0.25) is 9.66 Å². The van der Waals surface area contributed by atoms with Gasteiger partial charge in [-0.2, -0.15) is 0 Å². The molecule has 0 aromatic carbocycles. The van der Waals surface area contributed by atoms with Crippen LogP contribution in [0.1, 0.15) is 5.56 Å². The summed E-state index contributed by atoms with van der Waals surface area (Å²) >= 11 is 0. The molecule has 2 heterocycles. The first-order chi connectivity index (χ1) is 6.68. The lowest BCUT2D eigenvalue weighted by atomic mass is 10.2. The standard InChI is InChI=1S/C9H9F2N3/c10-8(11)4-6-5-14(12)7-2-1-3-13-9(6)7/h1-3,5,8H,4,12H2. The molecule has 0 bridgehead atoms. The van der Waals surface area contributed by atoms with Crippen LogP contribution in [-0.2, 0) is 6.42 Å². The summed E-state index contributed by atoms with van der Waals surface area (Å²) < 4.78 is 25.7. The summed E-state index contributed by atoms with van der Waals surface area (Å²) in [4.78, 5) is 4.02. The van der Waals surface area contributed by atoms with E-state index in [4.69, 9.17) is 5.84 Å². The number of hydrogen-bond donors (Lipinski definition) is 1. The second-order valence-electron chi connectivity index (χ2n) is 3.03. The number of rotatable bonds is 2. The first kappa shape index (κ1) is 8.93. The zero-order valence-electron chi connectivity index (χ0n) is 7.32. The van der Waals surface area contributed by atoms with E-state index in [0.717, 1.165) is 0 Å². The zero-order valence-corrected chi connectivity index (χ0v) is 7.32. The van der Waals surface area contributed by atoms with E-state index in [1.807, 2.05) is 0 Å². The van der Waals surface area contributed by atoms with E-state index in [1.54, 1.807) is 18.3 Å². The maximum atomic E-state index is 12.2. The molecule has 0 atom stereocenters. The van der Waals surface area contributed by atoms with E-state index < -0.39 is 6.43 Å². The van der Waals surface area contributed by atoms with Crippen molar-refractivity contribution >= 4 is 11.0 Å². The topological polar surface area (TPSA) is 43.8 Å². The Labute approximate surface area is 79.1 Å². The number of nitrogens with zero attached hydrogens (tertiary/aromatic N) is 2. The molecule has 0 saturated heterocycles. The minimum atomic E-state index is -2.37. The molecule has 2 aromatic heterocycles. The van der Waals surface area contributed by atoms with Crippen molar-refractivity contribution in [1.29, 1.82) is 0 Å². The van der Waals surface area contributed by atoms with Gasteiger partial charge in [0.1, 0.15) is 0 Å². The highest BCUT2D eigenvalue weighted by Gasteiger charge is 2.12. The first-order valence-electron chi connectivity index (χ1n) is 4.16. The Balaban J connectivity index is 2.55. The summed E-state index contributed by atoms with van der Waals surface area (Å²) in [5, 5.41) is 0. The van der Waals surface area contributed by atoms with Crippen LogP contribution in [0, 0.1) is 0 Å². The monoisotopic (exact) mass is 197 g/mol. The molecule has 0 aliphatic heterocycles. The SMILES string of the molecule is Nn1cc(CC(F)F)c2ncccc21. The van der Waals surface area contributed by atoms with Gasteiger partial charge in [-0.1, -0.05) is 0 Å². The number of nitrogen functional groups attached to an aromatic ring is 1. The zero-order chi connectivity index (χ0) is 10.1. The van der Waals surface area contributed by atoms with Crippen LogP contribution in [0.15, 0.2) is 24.5 Å². The van der Waals surface area contributed by atoms with Crippen LogP contribution >= 0.6 is 0 Å². The number of alkyl halides is 2. The Morgan fingerprint density at radius 2 is 2.29 bits per heavy atom. The fourth-order valence-electron chi connectivity index (χ4n) is 1.47. The van der Waals surface area contributed by atoms with E-state index in [-0.39, 0.29) is 6.42 Å². The maximum absolute atomic E-state index is 12.2. The van der Waals surface area contributed by atoms with Gasteiger partial charge >= 0.3 is 0 Å². The highest BCUT2D eigenvalue weighted by atomic mass is 19.3. The minimum Gasteiger partial charge on any atom is -0.339 e. The molecule has 74 valence electrons. The van der Waals surface area contributed by atoms with E-state index in [2.05, 4.69) is 4.98 Å². The van der Waals surface area contributed by atoms with E-state index >= 15 is 0 Å². The van der Waals surface area contributed by atoms with Crippen molar-refractivity contribution in [3.05, 3.63) is 30.1 Å². The molecule has 0 unspecified atom stereocenters. The molecule has 3 nitrogen and oxygen atoms in total. The van der Waals surface area contributed by atoms with Crippen molar-refractivity contribution in [3.63, 3.8) is 0 Å². The third kappa shape index (κ3) is 1.41. The Kier molecular flexibility index (Phi) is 2.07. The summed E-state index contributed by atoms with van der Waals surface area (Å²) in [7, 11) is 0. The number of fused-ring (bicyclic) bond motifs is 1. The lowest BCUT2D eigenvalue weighted by molar-refractivity contribution is 0.149. The van der Waals surface area contributed by atoms with Crippen molar-refractivity contribution in [3.8, 4) is 0 Å². The molecule has 0 amide bonds. The Morgan fingerprint density at radius 1 is 1.50 bits per heavy atom. The normalized spacial score (nSPS) is 11.4. The molecular formula is C9H9F2N3. The second-order valence-corrected chi connectivity index (χ2v) is 3.03. The molecule has 5 heteroatoms. The van der Waals surface area contributed by atoms with Gasteiger partial charge in [-0.25, -0.2) is 8.78 Å². The van der Waals surface area contributed by atoms with Gasteiger partial charge < -0.3 is 5.84 Å². The number of aromatic nitrogens is 2. The molecule has 2 N–H and O–H groups in total. The van der Waals surface area contributed by atoms with Crippen LogP contribution in [0.5, 0.6) is 0 Å². The quantitative estimate of drug-likeness (QED) is 0.742. The summed E-state index contributed by atoms with van der Waals surface area (Å²) in [5.41, 5.74) is 1.71. The molecule has 14 heavy (non-hydrogen) atoms. The number of hydrogen-bond acceptors (Lipinski definition) is 2. The van der Waals surface area contributed by atoms with E-state index in [0.29, 0.717) is 16.6 Å². The van der Waals surface area contributed by atoms with Crippen molar-refractivity contribution < 1.29 is 8.78 Å². The first-order valence-corrected chi connectivity index (χ1v) is 4.16. The Morgan fingerprint density at radius 3 is 3.00 bits per heavy atom. The lowest BCUT2D eigenvalue weighted by Gasteiger charge is -1.95. The highest BCUT2D eigenvalue weighted by molar-refractivity contribution is 5.79. The predicted octanol–water partition coefficient (Wildman–Crippen LogP) is 1.56. The number of halogens is 2. The van der Waals surface area contributed by atoms with Gasteiger partial charge in [0.15, 0.2) is 0 Å². The van der Waals surface area contributed by atoms with Crippen LogP contribution in [0.25, 0.3) is 11.0 Å². The summed E-state index contributed by atoms with van der Waals surface area (Å²) in [6.07, 6.45) is 0.376. The third-order valence-electron chi connectivity index (χ3n) is 2.04. The van der Waals surface area contributed by atoms with Gasteiger partial charge in [-0.05, 0) is 12.1 Å². The van der Waals surface area contributed by atoms with Gasteiger partial charge in [-0.15, -0.1) is 0 Å². The average molecular weight is 197 g/mol. The van der Waals surface area contributed by atoms with Gasteiger partial charge in [0, 0.05) is 24.4 Å².